The SMILES string of the molecule is CCCC[N+](CCCC)(CCCC)CCCC.c1ccc(-c2ccc([B-](c3ccc(-c4ccccc4)cc3)(c3ccc(-c4ccccc4)cc3)c3ccc(-c4ccccc4)cc3)cc2)cc1. The summed E-state index contributed by atoms with van der Waals surface area (Å²) in [6.45, 7) is 15.0. The minimum absolute atomic E-state index is 1.22. The van der Waals surface area contributed by atoms with Crippen LogP contribution in [0.5, 0.6) is 0 Å². The molecule has 8 rings (SSSR count). The molecule has 0 bridgehead atoms. The van der Waals surface area contributed by atoms with Crippen LogP contribution >= 0.6 is 0 Å². The molecule has 336 valence electrons. The van der Waals surface area contributed by atoms with E-state index in [2.05, 4.69) is 246 Å². The van der Waals surface area contributed by atoms with Crippen molar-refractivity contribution >= 4 is 28.0 Å². The number of benzene rings is 8. The number of hydrogen-bond donors (Lipinski definition) is 0. The summed E-state index contributed by atoms with van der Waals surface area (Å²) in [6, 6.07) is 79.7. The Kier molecular flexibility index (Phi) is 17.6. The lowest BCUT2D eigenvalue weighted by atomic mass is 9.13. The molecular formula is C64H72BN. The van der Waals surface area contributed by atoms with E-state index in [0.717, 1.165) is 0 Å². The van der Waals surface area contributed by atoms with Gasteiger partial charge in [-0.05, 0) is 70.2 Å². The summed E-state index contributed by atoms with van der Waals surface area (Å²) in [5.74, 6) is 0. The van der Waals surface area contributed by atoms with Crippen molar-refractivity contribution < 1.29 is 4.48 Å². The van der Waals surface area contributed by atoms with Crippen molar-refractivity contribution in [3.8, 4) is 44.5 Å². The van der Waals surface area contributed by atoms with E-state index in [9.17, 15) is 0 Å². The van der Waals surface area contributed by atoms with Gasteiger partial charge < -0.3 is 4.48 Å². The smallest absolute Gasteiger partial charge is 0.108 e. The van der Waals surface area contributed by atoms with Crippen LogP contribution in [0.15, 0.2) is 218 Å². The monoisotopic (exact) mass is 866 g/mol. The second-order valence-corrected chi connectivity index (χ2v) is 18.5. The molecular weight excluding hydrogens is 794 g/mol. The molecule has 0 aliphatic carbocycles. The van der Waals surface area contributed by atoms with Crippen LogP contribution in [0.3, 0.4) is 0 Å². The van der Waals surface area contributed by atoms with Crippen LogP contribution in [0.4, 0.5) is 0 Å². The molecule has 0 aliphatic rings. The molecule has 1 nitrogen and oxygen atoms in total. The normalized spacial score (nSPS) is 11.5. The summed E-state index contributed by atoms with van der Waals surface area (Å²) in [5.41, 5.74) is 14.9. The Bertz CT molecular complexity index is 2190. The van der Waals surface area contributed by atoms with Crippen LogP contribution in [-0.4, -0.2) is 36.8 Å². The van der Waals surface area contributed by atoms with Gasteiger partial charge in [-0.2, -0.15) is 21.9 Å². The molecule has 0 saturated heterocycles. The van der Waals surface area contributed by atoms with Crippen LogP contribution in [0.1, 0.15) is 79.1 Å². The van der Waals surface area contributed by atoms with E-state index in [1.165, 1.54) is 148 Å². The first-order valence-corrected chi connectivity index (χ1v) is 25.2. The minimum atomic E-state index is -1.57. The first-order chi connectivity index (χ1) is 32.5. The minimum Gasteiger partial charge on any atom is -0.324 e. The first kappa shape index (κ1) is 47.7. The van der Waals surface area contributed by atoms with E-state index >= 15 is 0 Å². The summed E-state index contributed by atoms with van der Waals surface area (Å²) in [4.78, 5) is 0. The first-order valence-electron chi connectivity index (χ1n) is 25.2. The molecule has 0 heterocycles. The zero-order valence-electron chi connectivity index (χ0n) is 40.3. The van der Waals surface area contributed by atoms with Gasteiger partial charge in [0, 0.05) is 0 Å². The van der Waals surface area contributed by atoms with Gasteiger partial charge in [-0.3, -0.25) is 0 Å². The Morgan fingerprint density at radius 2 is 0.424 bits per heavy atom. The van der Waals surface area contributed by atoms with Gasteiger partial charge in [0.1, 0.15) is 6.15 Å². The number of unbranched alkanes of at least 4 members (excludes halogenated alkanes) is 4. The van der Waals surface area contributed by atoms with Crippen molar-refractivity contribution in [2.75, 3.05) is 26.2 Å². The van der Waals surface area contributed by atoms with Gasteiger partial charge >= 0.3 is 0 Å². The molecule has 0 amide bonds. The van der Waals surface area contributed by atoms with E-state index in [1.807, 2.05) is 0 Å². The number of nitrogens with zero attached hydrogens (tertiary/aromatic N) is 1. The van der Waals surface area contributed by atoms with Crippen molar-refractivity contribution in [2.45, 2.75) is 79.1 Å². The molecule has 0 aromatic heterocycles. The molecule has 8 aromatic carbocycles. The fourth-order valence-corrected chi connectivity index (χ4v) is 10.2. The summed E-state index contributed by atoms with van der Waals surface area (Å²) in [6.07, 6.45) is 9.49. The number of hydrogen-bond acceptors (Lipinski definition) is 0. The molecule has 2 heteroatoms. The van der Waals surface area contributed by atoms with Gasteiger partial charge in [0.2, 0.25) is 0 Å². The Morgan fingerprint density at radius 3 is 0.606 bits per heavy atom. The van der Waals surface area contributed by atoms with E-state index in [0.29, 0.717) is 0 Å². The molecule has 0 saturated carbocycles. The third kappa shape index (κ3) is 11.8. The summed E-state index contributed by atoms with van der Waals surface area (Å²) in [7, 11) is 0. The Labute approximate surface area is 398 Å². The zero-order chi connectivity index (χ0) is 45.9. The van der Waals surface area contributed by atoms with E-state index in [1.54, 1.807) is 0 Å². The average molecular weight is 866 g/mol. The van der Waals surface area contributed by atoms with Crippen molar-refractivity contribution in [1.29, 1.82) is 0 Å². The van der Waals surface area contributed by atoms with E-state index in [4.69, 9.17) is 0 Å². The van der Waals surface area contributed by atoms with Gasteiger partial charge in [0.05, 0.1) is 26.2 Å². The maximum atomic E-state index is 2.35. The second kappa shape index (κ2) is 24.3. The topological polar surface area (TPSA) is 0 Å². The van der Waals surface area contributed by atoms with Crippen LogP contribution in [0.25, 0.3) is 44.5 Å². The maximum Gasteiger partial charge on any atom is 0.108 e. The standard InChI is InChI=1S/C48H36B.C16H36N/c1-5-13-37(14-6-1)41-21-29-45(30-22-41)49(46-31-23-42(24-32-46)38-15-7-2-8-16-38,47-33-25-43(26-34-47)39-17-9-3-10-18-39)48-35-27-44(28-36-48)40-19-11-4-12-20-40;1-5-9-13-17(14-10-6-2,15-11-7-3)16-12-8-4/h1-36H;5-16H2,1-4H3/q-1;+1. The van der Waals surface area contributed by atoms with Gasteiger partial charge in [-0.1, -0.05) is 272 Å². The van der Waals surface area contributed by atoms with Gasteiger partial charge in [-0.15, -0.1) is 0 Å². The molecule has 0 spiro atoms. The Morgan fingerprint density at radius 1 is 0.242 bits per heavy atom. The molecule has 66 heavy (non-hydrogen) atoms. The van der Waals surface area contributed by atoms with Crippen LogP contribution < -0.4 is 21.9 Å². The molecule has 8 aromatic rings. The Balaban J connectivity index is 0.000000326. The molecule has 0 aliphatic heterocycles. The molecule has 0 fully saturated rings. The second-order valence-electron chi connectivity index (χ2n) is 18.5. The highest BCUT2D eigenvalue weighted by atomic mass is 15.3. The quantitative estimate of drug-likeness (QED) is 0.0529. The van der Waals surface area contributed by atoms with Crippen LogP contribution in [0.2, 0.25) is 0 Å². The lowest BCUT2D eigenvalue weighted by Crippen LogP contribution is -2.74. The summed E-state index contributed by atoms with van der Waals surface area (Å²) >= 11 is 0. The molecule has 0 unspecified atom stereocenters. The summed E-state index contributed by atoms with van der Waals surface area (Å²) in [5, 5.41) is 0. The maximum absolute atomic E-state index is 2.35. The predicted octanol–water partition coefficient (Wildman–Crippen LogP) is 14.7. The lowest BCUT2D eigenvalue weighted by molar-refractivity contribution is -0.929. The number of quaternary nitrogens is 1. The molecule has 0 atom stereocenters. The largest absolute Gasteiger partial charge is 0.324 e. The predicted molar refractivity (Wildman–Crippen MR) is 291 cm³/mol. The van der Waals surface area contributed by atoms with E-state index in [-0.39, 0.29) is 0 Å². The third-order valence-electron chi connectivity index (χ3n) is 14.0. The highest BCUT2D eigenvalue weighted by Crippen LogP contribution is 2.25. The van der Waals surface area contributed by atoms with Crippen LogP contribution in [0, 0.1) is 0 Å². The fourth-order valence-electron chi connectivity index (χ4n) is 10.2. The van der Waals surface area contributed by atoms with Gasteiger partial charge in [0.25, 0.3) is 0 Å². The van der Waals surface area contributed by atoms with Crippen molar-refractivity contribution in [3.05, 3.63) is 218 Å². The third-order valence-corrected chi connectivity index (χ3v) is 14.0. The molecule has 0 radical (unpaired) electrons. The highest BCUT2D eigenvalue weighted by molar-refractivity contribution is 7.19. The lowest BCUT2D eigenvalue weighted by Gasteiger charge is -2.44. The molecule has 0 N–H and O–H groups in total. The zero-order valence-corrected chi connectivity index (χ0v) is 40.3. The highest BCUT2D eigenvalue weighted by Gasteiger charge is 2.32. The Hall–Kier alpha value is -6.22. The van der Waals surface area contributed by atoms with Crippen molar-refractivity contribution in [2.24, 2.45) is 0 Å². The van der Waals surface area contributed by atoms with E-state index < -0.39 is 6.15 Å². The average Bonchev–Trinajstić information content (AvgIpc) is 3.40. The number of rotatable bonds is 20. The van der Waals surface area contributed by atoms with Crippen molar-refractivity contribution in [1.82, 2.24) is 0 Å². The van der Waals surface area contributed by atoms with Crippen molar-refractivity contribution in [3.63, 3.8) is 0 Å². The van der Waals surface area contributed by atoms with Gasteiger partial charge in [0.15, 0.2) is 0 Å². The fraction of sp³-hybridized carbons (Fsp3) is 0.250. The summed E-state index contributed by atoms with van der Waals surface area (Å²) < 4.78 is 1.42. The van der Waals surface area contributed by atoms with Crippen LogP contribution in [-0.2, 0) is 0 Å². The van der Waals surface area contributed by atoms with Gasteiger partial charge in [-0.25, -0.2) is 0 Å².